The van der Waals surface area contributed by atoms with Crippen molar-refractivity contribution < 1.29 is 9.53 Å². The Morgan fingerprint density at radius 1 is 1.22 bits per heavy atom. The molecule has 2 atom stereocenters. The fourth-order valence-corrected chi connectivity index (χ4v) is 3.97. The summed E-state index contributed by atoms with van der Waals surface area (Å²) in [4.78, 5) is 22.0. The normalized spacial score (nSPS) is 22.3. The highest BCUT2D eigenvalue weighted by molar-refractivity contribution is 5.99. The summed E-state index contributed by atoms with van der Waals surface area (Å²) in [6.45, 7) is 6.71. The summed E-state index contributed by atoms with van der Waals surface area (Å²) >= 11 is 0. The number of hydrogen-bond acceptors (Lipinski definition) is 4. The van der Waals surface area contributed by atoms with E-state index in [9.17, 15) is 4.79 Å². The molecule has 5 nitrogen and oxygen atoms in total. The van der Waals surface area contributed by atoms with Crippen molar-refractivity contribution in [1.82, 2.24) is 9.88 Å². The van der Waals surface area contributed by atoms with Gasteiger partial charge in [0.25, 0.3) is 0 Å². The Labute approximate surface area is 161 Å². The van der Waals surface area contributed by atoms with E-state index in [0.29, 0.717) is 12.5 Å². The molecule has 5 heteroatoms. The van der Waals surface area contributed by atoms with Gasteiger partial charge in [0.05, 0.1) is 18.3 Å². The van der Waals surface area contributed by atoms with Crippen LogP contribution in [0.3, 0.4) is 0 Å². The van der Waals surface area contributed by atoms with Gasteiger partial charge in [-0.1, -0.05) is 32.0 Å². The minimum absolute atomic E-state index is 0.0767. The van der Waals surface area contributed by atoms with Crippen LogP contribution in [0.15, 0.2) is 48.8 Å². The van der Waals surface area contributed by atoms with Gasteiger partial charge >= 0.3 is 0 Å². The van der Waals surface area contributed by atoms with E-state index in [4.69, 9.17) is 4.74 Å². The number of benzene rings is 1. The molecule has 0 aliphatic carbocycles. The lowest BCUT2D eigenvalue weighted by atomic mass is 10.1. The second-order valence-corrected chi connectivity index (χ2v) is 7.92. The zero-order valence-corrected chi connectivity index (χ0v) is 16.0. The zero-order valence-electron chi connectivity index (χ0n) is 16.0. The number of anilines is 1. The number of amides is 1. The van der Waals surface area contributed by atoms with Gasteiger partial charge in [0.15, 0.2) is 0 Å². The topological polar surface area (TPSA) is 45.7 Å². The molecule has 0 radical (unpaired) electrons. The Morgan fingerprint density at radius 3 is 2.85 bits per heavy atom. The minimum atomic E-state index is -0.112. The van der Waals surface area contributed by atoms with Crippen LogP contribution < -0.4 is 9.64 Å². The predicted molar refractivity (Wildman–Crippen MR) is 106 cm³/mol. The van der Waals surface area contributed by atoms with Gasteiger partial charge in [-0.15, -0.1) is 0 Å². The molecule has 142 valence electrons. The Balaban J connectivity index is 1.67. The SMILES string of the molecule is CC(C)CCN1CC2CC1C(=O)N(Cc1cccnc1)c1ccccc1O2. The van der Waals surface area contributed by atoms with E-state index >= 15 is 0 Å². The smallest absolute Gasteiger partial charge is 0.244 e. The maximum absolute atomic E-state index is 13.6. The Bertz CT molecular complexity index is 793. The molecule has 2 aromatic rings. The summed E-state index contributed by atoms with van der Waals surface area (Å²) in [6.07, 6.45) is 5.50. The summed E-state index contributed by atoms with van der Waals surface area (Å²) < 4.78 is 6.33. The van der Waals surface area contributed by atoms with Crippen molar-refractivity contribution in [3.63, 3.8) is 0 Å². The number of pyridine rings is 1. The van der Waals surface area contributed by atoms with Crippen molar-refractivity contribution in [2.24, 2.45) is 5.92 Å². The average Bonchev–Trinajstić information content (AvgIpc) is 3.08. The first-order valence-electron chi connectivity index (χ1n) is 9.82. The third-order valence-electron chi connectivity index (χ3n) is 5.42. The number of rotatable bonds is 5. The van der Waals surface area contributed by atoms with Gasteiger partial charge in [-0.3, -0.25) is 14.7 Å². The molecule has 3 heterocycles. The molecule has 4 rings (SSSR count). The van der Waals surface area contributed by atoms with Gasteiger partial charge in [-0.2, -0.15) is 0 Å². The van der Waals surface area contributed by atoms with E-state index in [1.54, 1.807) is 6.20 Å². The second kappa shape index (κ2) is 7.69. The van der Waals surface area contributed by atoms with Crippen LogP contribution in [0, 0.1) is 5.92 Å². The van der Waals surface area contributed by atoms with Crippen molar-refractivity contribution in [3.05, 3.63) is 54.4 Å². The number of nitrogens with zero attached hydrogens (tertiary/aromatic N) is 3. The van der Waals surface area contributed by atoms with Gasteiger partial charge in [0, 0.05) is 25.4 Å². The van der Waals surface area contributed by atoms with Crippen molar-refractivity contribution in [2.75, 3.05) is 18.0 Å². The number of ether oxygens (including phenoxy) is 1. The van der Waals surface area contributed by atoms with Gasteiger partial charge < -0.3 is 9.64 Å². The van der Waals surface area contributed by atoms with Gasteiger partial charge in [0.2, 0.25) is 5.91 Å². The van der Waals surface area contributed by atoms with Crippen molar-refractivity contribution in [3.8, 4) is 5.75 Å². The summed E-state index contributed by atoms with van der Waals surface area (Å²) in [5.41, 5.74) is 1.87. The maximum Gasteiger partial charge on any atom is 0.244 e. The first-order valence-corrected chi connectivity index (χ1v) is 9.82. The van der Waals surface area contributed by atoms with E-state index in [1.165, 1.54) is 0 Å². The number of carbonyl (C=O) groups is 1. The summed E-state index contributed by atoms with van der Waals surface area (Å²) in [6, 6.07) is 11.7. The highest BCUT2D eigenvalue weighted by atomic mass is 16.5. The van der Waals surface area contributed by atoms with Crippen molar-refractivity contribution in [2.45, 2.75) is 45.4 Å². The fraction of sp³-hybridized carbons (Fsp3) is 0.455. The quantitative estimate of drug-likeness (QED) is 0.814. The standard InChI is InChI=1S/C22H27N3O2/c1-16(2)9-11-24-15-18-12-20(24)22(26)25(14-17-6-5-10-23-13-17)19-7-3-4-8-21(19)27-18/h3-8,10,13,16,18,20H,9,11-12,14-15H2,1-2H3. The first-order chi connectivity index (χ1) is 13.1. The molecule has 1 saturated heterocycles. The third kappa shape index (κ3) is 3.83. The molecule has 2 aliphatic heterocycles. The molecule has 0 saturated carbocycles. The van der Waals surface area contributed by atoms with E-state index in [-0.39, 0.29) is 18.1 Å². The van der Waals surface area contributed by atoms with Crippen LogP contribution in [0.1, 0.15) is 32.3 Å². The van der Waals surface area contributed by atoms with Crippen LogP contribution in [-0.2, 0) is 11.3 Å². The molecule has 0 spiro atoms. The van der Waals surface area contributed by atoms with E-state index in [1.807, 2.05) is 47.5 Å². The van der Waals surface area contributed by atoms with Crippen molar-refractivity contribution in [1.29, 1.82) is 0 Å². The number of carbonyl (C=O) groups excluding carboxylic acids is 1. The molecule has 1 aromatic carbocycles. The fourth-order valence-electron chi connectivity index (χ4n) is 3.97. The van der Waals surface area contributed by atoms with E-state index in [0.717, 1.165) is 42.9 Å². The number of aromatic nitrogens is 1. The van der Waals surface area contributed by atoms with Crippen LogP contribution in [-0.4, -0.2) is 41.0 Å². The Morgan fingerprint density at radius 2 is 2.07 bits per heavy atom. The molecular weight excluding hydrogens is 338 g/mol. The first kappa shape index (κ1) is 18.0. The van der Waals surface area contributed by atoms with E-state index < -0.39 is 0 Å². The maximum atomic E-state index is 13.6. The lowest BCUT2D eigenvalue weighted by Crippen LogP contribution is -2.46. The van der Waals surface area contributed by atoms with Gasteiger partial charge in [-0.25, -0.2) is 0 Å². The predicted octanol–water partition coefficient (Wildman–Crippen LogP) is 3.50. The lowest BCUT2D eigenvalue weighted by molar-refractivity contribution is -0.123. The number of fused-ring (bicyclic) bond motifs is 3. The summed E-state index contributed by atoms with van der Waals surface area (Å²) in [7, 11) is 0. The van der Waals surface area contributed by atoms with Gasteiger partial charge in [0.1, 0.15) is 11.9 Å². The van der Waals surface area contributed by atoms with Crippen LogP contribution >= 0.6 is 0 Å². The summed E-state index contributed by atoms with van der Waals surface area (Å²) in [5, 5.41) is 0. The minimum Gasteiger partial charge on any atom is -0.487 e. The molecule has 1 aromatic heterocycles. The molecule has 2 bridgehead atoms. The molecular formula is C22H27N3O2. The second-order valence-electron chi connectivity index (χ2n) is 7.92. The number of para-hydroxylation sites is 2. The van der Waals surface area contributed by atoms with Crippen LogP contribution in [0.4, 0.5) is 5.69 Å². The average molecular weight is 365 g/mol. The molecule has 2 aliphatic rings. The molecule has 1 fully saturated rings. The molecule has 1 amide bonds. The van der Waals surface area contributed by atoms with Crippen LogP contribution in [0.25, 0.3) is 0 Å². The Hall–Kier alpha value is -2.40. The number of likely N-dealkylation sites (tertiary alicyclic amines) is 1. The molecule has 27 heavy (non-hydrogen) atoms. The van der Waals surface area contributed by atoms with Gasteiger partial charge in [-0.05, 0) is 42.6 Å². The largest absolute Gasteiger partial charge is 0.487 e. The molecule has 0 N–H and O–H groups in total. The zero-order chi connectivity index (χ0) is 18.8. The third-order valence-corrected chi connectivity index (χ3v) is 5.42. The lowest BCUT2D eigenvalue weighted by Gasteiger charge is -2.32. The van der Waals surface area contributed by atoms with Crippen LogP contribution in [0.5, 0.6) is 5.75 Å². The highest BCUT2D eigenvalue weighted by Crippen LogP contribution is 2.37. The van der Waals surface area contributed by atoms with Crippen molar-refractivity contribution >= 4 is 11.6 Å². The highest BCUT2D eigenvalue weighted by Gasteiger charge is 2.42. The number of hydrogen-bond donors (Lipinski definition) is 0. The Kier molecular flexibility index (Phi) is 5.12. The molecule has 2 unspecified atom stereocenters. The monoisotopic (exact) mass is 365 g/mol. The van der Waals surface area contributed by atoms with E-state index in [2.05, 4.69) is 23.7 Å². The van der Waals surface area contributed by atoms with Crippen LogP contribution in [0.2, 0.25) is 0 Å². The summed E-state index contributed by atoms with van der Waals surface area (Å²) in [5.74, 6) is 1.58.